The van der Waals surface area contributed by atoms with Gasteiger partial charge in [-0.15, -0.1) is 10.2 Å². The molecule has 0 saturated heterocycles. The number of para-hydroxylation sites is 1. The lowest BCUT2D eigenvalue weighted by atomic mass is 10.2. The van der Waals surface area contributed by atoms with Gasteiger partial charge in [0.25, 0.3) is 11.1 Å². The largest absolute Gasteiger partial charge is 0.484 e. The van der Waals surface area contributed by atoms with Crippen molar-refractivity contribution in [3.05, 3.63) is 70.5 Å². The van der Waals surface area contributed by atoms with Gasteiger partial charge in [0.2, 0.25) is 0 Å². The van der Waals surface area contributed by atoms with Crippen molar-refractivity contribution in [1.29, 1.82) is 0 Å². The minimum atomic E-state index is 0.00721. The summed E-state index contributed by atoms with van der Waals surface area (Å²) in [6.07, 6.45) is 0. The zero-order valence-corrected chi connectivity index (χ0v) is 14.9. The van der Waals surface area contributed by atoms with Crippen LogP contribution in [-0.4, -0.2) is 21.7 Å². The highest BCUT2D eigenvalue weighted by Gasteiger charge is 2.11. The number of benzene rings is 2. The first-order chi connectivity index (χ1) is 11.7. The summed E-state index contributed by atoms with van der Waals surface area (Å²) in [6, 6.07) is 16.6. The third-order valence-corrected chi connectivity index (χ3v) is 4.39. The van der Waals surface area contributed by atoms with Crippen molar-refractivity contribution < 1.29 is 13.9 Å². The molecular weight excluding hydrogens is 392 g/mol. The summed E-state index contributed by atoms with van der Waals surface area (Å²) in [4.78, 5) is 12.1. The first kappa shape index (κ1) is 16.7. The Morgan fingerprint density at radius 3 is 2.58 bits per heavy atom. The molecule has 0 N–H and O–H groups in total. The van der Waals surface area contributed by atoms with E-state index >= 15 is 0 Å². The van der Waals surface area contributed by atoms with Crippen LogP contribution in [0.4, 0.5) is 0 Å². The maximum atomic E-state index is 12.1. The highest BCUT2D eigenvalue weighted by atomic mass is 79.9. The SMILES string of the molecule is O=C(CSc1nnc(COc2ccccc2)o1)c1ccc(Br)cc1. The van der Waals surface area contributed by atoms with E-state index in [1.165, 1.54) is 11.8 Å². The van der Waals surface area contributed by atoms with Crippen molar-refractivity contribution in [2.24, 2.45) is 0 Å². The average molecular weight is 405 g/mol. The fourth-order valence-electron chi connectivity index (χ4n) is 1.86. The van der Waals surface area contributed by atoms with Crippen LogP contribution >= 0.6 is 27.7 Å². The van der Waals surface area contributed by atoms with Gasteiger partial charge >= 0.3 is 0 Å². The van der Waals surface area contributed by atoms with E-state index in [9.17, 15) is 4.79 Å². The number of thioether (sulfide) groups is 1. The Kier molecular flexibility index (Phi) is 5.66. The Hall–Kier alpha value is -2.12. The first-order valence-corrected chi connectivity index (χ1v) is 8.90. The van der Waals surface area contributed by atoms with Gasteiger partial charge in [0.15, 0.2) is 12.4 Å². The number of aromatic nitrogens is 2. The molecule has 1 aromatic heterocycles. The number of Topliss-reactive ketones (excluding diaryl/α,β-unsaturated/α-hetero) is 1. The van der Waals surface area contributed by atoms with E-state index < -0.39 is 0 Å². The molecule has 24 heavy (non-hydrogen) atoms. The summed E-state index contributed by atoms with van der Waals surface area (Å²) in [5.74, 6) is 1.35. The molecule has 3 rings (SSSR count). The van der Waals surface area contributed by atoms with Crippen molar-refractivity contribution in [1.82, 2.24) is 10.2 Å². The molecule has 0 amide bonds. The maximum absolute atomic E-state index is 12.1. The molecule has 0 atom stereocenters. The molecule has 0 aliphatic rings. The zero-order valence-electron chi connectivity index (χ0n) is 12.5. The van der Waals surface area contributed by atoms with E-state index in [-0.39, 0.29) is 18.1 Å². The van der Waals surface area contributed by atoms with Gasteiger partial charge in [0.05, 0.1) is 5.75 Å². The summed E-state index contributed by atoms with van der Waals surface area (Å²) >= 11 is 4.56. The molecule has 0 fully saturated rings. The van der Waals surface area contributed by atoms with Crippen LogP contribution in [0.1, 0.15) is 16.2 Å². The molecule has 0 aliphatic heterocycles. The van der Waals surface area contributed by atoms with Gasteiger partial charge in [-0.2, -0.15) is 0 Å². The van der Waals surface area contributed by atoms with Crippen LogP contribution in [0.5, 0.6) is 5.75 Å². The van der Waals surface area contributed by atoms with Crippen LogP contribution in [0.3, 0.4) is 0 Å². The summed E-state index contributed by atoms with van der Waals surface area (Å²) in [6.45, 7) is 0.193. The van der Waals surface area contributed by atoms with E-state index in [0.717, 1.165) is 10.2 Å². The van der Waals surface area contributed by atoms with Gasteiger partial charge in [-0.3, -0.25) is 4.79 Å². The third-order valence-electron chi connectivity index (χ3n) is 3.05. The lowest BCUT2D eigenvalue weighted by Gasteiger charge is -2.01. The normalized spacial score (nSPS) is 10.5. The lowest BCUT2D eigenvalue weighted by Crippen LogP contribution is -2.01. The molecule has 7 heteroatoms. The topological polar surface area (TPSA) is 65.2 Å². The van der Waals surface area contributed by atoms with Crippen LogP contribution < -0.4 is 4.74 Å². The predicted molar refractivity (Wildman–Crippen MR) is 94.3 cm³/mol. The van der Waals surface area contributed by atoms with Gasteiger partial charge in [0.1, 0.15) is 5.75 Å². The van der Waals surface area contributed by atoms with E-state index in [0.29, 0.717) is 16.7 Å². The minimum Gasteiger partial charge on any atom is -0.484 e. The highest BCUT2D eigenvalue weighted by molar-refractivity contribution is 9.10. The van der Waals surface area contributed by atoms with Crippen LogP contribution in [0, 0.1) is 0 Å². The van der Waals surface area contributed by atoms with Gasteiger partial charge in [-0.05, 0) is 24.3 Å². The standard InChI is InChI=1S/C17H13BrN2O3S/c18-13-8-6-12(7-9-13)15(21)11-24-17-20-19-16(23-17)10-22-14-4-2-1-3-5-14/h1-9H,10-11H2. The second kappa shape index (κ2) is 8.12. The van der Waals surface area contributed by atoms with Gasteiger partial charge < -0.3 is 9.15 Å². The molecular formula is C17H13BrN2O3S. The molecule has 1 heterocycles. The predicted octanol–water partition coefficient (Wildman–Crippen LogP) is 4.39. The van der Waals surface area contributed by atoms with Crippen molar-refractivity contribution in [3.8, 4) is 5.75 Å². The second-order valence-electron chi connectivity index (χ2n) is 4.78. The lowest BCUT2D eigenvalue weighted by molar-refractivity contribution is 0.102. The minimum absolute atomic E-state index is 0.00721. The molecule has 0 saturated carbocycles. The molecule has 0 aliphatic carbocycles. The van der Waals surface area contributed by atoms with Crippen LogP contribution in [0.2, 0.25) is 0 Å². The average Bonchev–Trinajstić information content (AvgIpc) is 3.07. The highest BCUT2D eigenvalue weighted by Crippen LogP contribution is 2.19. The Morgan fingerprint density at radius 1 is 1.08 bits per heavy atom. The first-order valence-electron chi connectivity index (χ1n) is 7.12. The Bertz CT molecular complexity index is 806. The number of nitrogens with zero attached hydrogens (tertiary/aromatic N) is 2. The summed E-state index contributed by atoms with van der Waals surface area (Å²) in [7, 11) is 0. The fraction of sp³-hybridized carbons (Fsp3) is 0.118. The monoisotopic (exact) mass is 404 g/mol. The van der Waals surface area contributed by atoms with E-state index in [4.69, 9.17) is 9.15 Å². The van der Waals surface area contributed by atoms with E-state index in [2.05, 4.69) is 26.1 Å². The van der Waals surface area contributed by atoms with Crippen LogP contribution in [0.25, 0.3) is 0 Å². The number of hydrogen-bond acceptors (Lipinski definition) is 6. The van der Waals surface area contributed by atoms with Crippen molar-refractivity contribution in [2.45, 2.75) is 11.8 Å². The molecule has 122 valence electrons. The molecule has 0 unspecified atom stereocenters. The number of rotatable bonds is 7. The zero-order chi connectivity index (χ0) is 16.8. The van der Waals surface area contributed by atoms with Crippen LogP contribution in [-0.2, 0) is 6.61 Å². The number of halogens is 1. The van der Waals surface area contributed by atoms with Gasteiger partial charge in [-0.1, -0.05) is 58.0 Å². The molecule has 3 aromatic rings. The molecule has 5 nitrogen and oxygen atoms in total. The number of ketones is 1. The van der Waals surface area contributed by atoms with Crippen molar-refractivity contribution in [3.63, 3.8) is 0 Å². The molecule has 0 spiro atoms. The molecule has 0 bridgehead atoms. The van der Waals surface area contributed by atoms with Crippen molar-refractivity contribution in [2.75, 3.05) is 5.75 Å². The smallest absolute Gasteiger partial charge is 0.277 e. The summed E-state index contributed by atoms with van der Waals surface area (Å²) < 4.78 is 11.9. The molecule has 2 aromatic carbocycles. The number of hydrogen-bond donors (Lipinski definition) is 0. The summed E-state index contributed by atoms with van der Waals surface area (Å²) in [5, 5.41) is 8.18. The number of carbonyl (C=O) groups is 1. The maximum Gasteiger partial charge on any atom is 0.277 e. The summed E-state index contributed by atoms with van der Waals surface area (Å²) in [5.41, 5.74) is 0.651. The third kappa shape index (κ3) is 4.69. The Morgan fingerprint density at radius 2 is 1.83 bits per heavy atom. The number of carbonyl (C=O) groups excluding carboxylic acids is 1. The second-order valence-corrected chi connectivity index (χ2v) is 6.62. The Balaban J connectivity index is 1.50. The fourth-order valence-corrected chi connectivity index (χ4v) is 2.80. The number of ether oxygens (including phenoxy) is 1. The van der Waals surface area contributed by atoms with E-state index in [1.54, 1.807) is 12.1 Å². The van der Waals surface area contributed by atoms with E-state index in [1.807, 2.05) is 42.5 Å². The van der Waals surface area contributed by atoms with Crippen LogP contribution in [0.15, 0.2) is 68.7 Å². The van der Waals surface area contributed by atoms with Gasteiger partial charge in [0, 0.05) is 10.0 Å². The van der Waals surface area contributed by atoms with Gasteiger partial charge in [-0.25, -0.2) is 0 Å². The quantitative estimate of drug-likeness (QED) is 0.429. The van der Waals surface area contributed by atoms with Crippen molar-refractivity contribution >= 4 is 33.5 Å². The molecule has 0 radical (unpaired) electrons. The Labute approximate surface area is 151 Å².